The Morgan fingerprint density at radius 2 is 1.71 bits per heavy atom. The average molecular weight is 412 g/mol. The van der Waals surface area contributed by atoms with Crippen LogP contribution in [0.15, 0.2) is 77.6 Å². The molecule has 4 aromatic rings. The number of amides is 1. The Bertz CT molecular complexity index is 1320. The van der Waals surface area contributed by atoms with E-state index in [2.05, 4.69) is 4.98 Å². The molecule has 0 aliphatic carbocycles. The Morgan fingerprint density at radius 1 is 0.968 bits per heavy atom. The molecule has 0 unspecified atom stereocenters. The van der Waals surface area contributed by atoms with Gasteiger partial charge in [0.1, 0.15) is 5.75 Å². The number of pyridine rings is 1. The van der Waals surface area contributed by atoms with Crippen molar-refractivity contribution >= 4 is 22.5 Å². The average Bonchev–Trinajstić information content (AvgIpc) is 2.78. The number of aromatic nitrogens is 1. The molecule has 5 nitrogen and oxygen atoms in total. The van der Waals surface area contributed by atoms with Crippen LogP contribution < -0.4 is 15.2 Å². The summed E-state index contributed by atoms with van der Waals surface area (Å²) < 4.78 is 5.52. The van der Waals surface area contributed by atoms with Gasteiger partial charge in [-0.05, 0) is 61.2 Å². The van der Waals surface area contributed by atoms with Crippen LogP contribution in [0.1, 0.15) is 27.0 Å². The number of aryl methyl sites for hydroxylation is 2. The van der Waals surface area contributed by atoms with Crippen LogP contribution in [0.5, 0.6) is 5.75 Å². The van der Waals surface area contributed by atoms with Crippen LogP contribution in [0.4, 0.5) is 5.69 Å². The normalized spacial score (nSPS) is 10.8. The lowest BCUT2D eigenvalue weighted by atomic mass is 10.1. The number of rotatable bonds is 5. The van der Waals surface area contributed by atoms with E-state index < -0.39 is 0 Å². The van der Waals surface area contributed by atoms with E-state index in [9.17, 15) is 9.59 Å². The molecule has 31 heavy (non-hydrogen) atoms. The lowest BCUT2D eigenvalue weighted by Crippen LogP contribution is -2.33. The van der Waals surface area contributed by atoms with Crippen molar-refractivity contribution in [1.82, 2.24) is 4.98 Å². The van der Waals surface area contributed by atoms with Crippen molar-refractivity contribution in [3.8, 4) is 5.75 Å². The van der Waals surface area contributed by atoms with Gasteiger partial charge >= 0.3 is 0 Å². The van der Waals surface area contributed by atoms with Crippen molar-refractivity contribution in [3.63, 3.8) is 0 Å². The first-order chi connectivity index (χ1) is 15.0. The number of benzene rings is 3. The number of carbonyl (C=O) groups excluding carboxylic acids is 1. The van der Waals surface area contributed by atoms with Crippen molar-refractivity contribution in [1.29, 1.82) is 0 Å². The summed E-state index contributed by atoms with van der Waals surface area (Å²) in [5.74, 6) is 0.379. The molecular weight excluding hydrogens is 388 g/mol. The number of nitrogens with zero attached hydrogens (tertiary/aromatic N) is 1. The van der Waals surface area contributed by atoms with E-state index in [1.807, 2.05) is 74.5 Å². The first-order valence-corrected chi connectivity index (χ1v) is 10.1. The molecule has 0 atom stereocenters. The standard InChI is InChI=1S/C26H24N2O3/c1-17-12-13-22-19(14-17)15-20(25(29)27-22)16-28(23-10-6-7-11-24(23)31-3)26(30)21-9-5-4-8-18(21)2/h4-15H,16H2,1-3H3,(H,27,29). The van der Waals surface area contributed by atoms with Crippen LogP contribution in [0.3, 0.4) is 0 Å². The Kier molecular flexibility index (Phi) is 5.58. The summed E-state index contributed by atoms with van der Waals surface area (Å²) in [6.07, 6.45) is 0. The van der Waals surface area contributed by atoms with Gasteiger partial charge in [-0.25, -0.2) is 0 Å². The summed E-state index contributed by atoms with van der Waals surface area (Å²) >= 11 is 0. The third-order valence-electron chi connectivity index (χ3n) is 5.40. The van der Waals surface area contributed by atoms with Crippen molar-refractivity contribution in [2.24, 2.45) is 0 Å². The van der Waals surface area contributed by atoms with Gasteiger partial charge in [0.2, 0.25) is 0 Å². The minimum absolute atomic E-state index is 0.118. The summed E-state index contributed by atoms with van der Waals surface area (Å²) in [5, 5.41) is 0.929. The van der Waals surface area contributed by atoms with Crippen LogP contribution in [0.2, 0.25) is 0 Å². The van der Waals surface area contributed by atoms with Gasteiger partial charge in [-0.1, -0.05) is 42.0 Å². The third kappa shape index (κ3) is 4.08. The van der Waals surface area contributed by atoms with Gasteiger partial charge in [-0.2, -0.15) is 0 Å². The maximum Gasteiger partial charge on any atom is 0.258 e. The zero-order chi connectivity index (χ0) is 22.0. The maximum atomic E-state index is 13.6. The molecule has 156 valence electrons. The molecule has 1 heterocycles. The molecule has 0 spiro atoms. The first-order valence-electron chi connectivity index (χ1n) is 10.1. The van der Waals surface area contributed by atoms with Crippen LogP contribution in [0.25, 0.3) is 10.9 Å². The fraction of sp³-hybridized carbons (Fsp3) is 0.154. The Morgan fingerprint density at radius 3 is 2.48 bits per heavy atom. The molecule has 0 fully saturated rings. The second-order valence-electron chi connectivity index (χ2n) is 7.59. The quantitative estimate of drug-likeness (QED) is 0.502. The second kappa shape index (κ2) is 8.48. The van der Waals surface area contributed by atoms with Gasteiger partial charge in [0.25, 0.3) is 11.5 Å². The fourth-order valence-corrected chi connectivity index (χ4v) is 3.74. The number of hydrogen-bond donors (Lipinski definition) is 1. The lowest BCUT2D eigenvalue weighted by molar-refractivity contribution is 0.0983. The molecule has 4 rings (SSSR count). The van der Waals surface area contributed by atoms with Crippen molar-refractivity contribution < 1.29 is 9.53 Å². The smallest absolute Gasteiger partial charge is 0.258 e. The van der Waals surface area contributed by atoms with E-state index in [4.69, 9.17) is 4.74 Å². The van der Waals surface area contributed by atoms with E-state index in [1.54, 1.807) is 24.1 Å². The molecular formula is C26H24N2O3. The predicted molar refractivity (Wildman–Crippen MR) is 124 cm³/mol. The Labute approximate surface area is 180 Å². The van der Waals surface area contributed by atoms with Crippen LogP contribution in [-0.2, 0) is 6.54 Å². The number of para-hydroxylation sites is 2. The fourth-order valence-electron chi connectivity index (χ4n) is 3.74. The Hall–Kier alpha value is -3.86. The van der Waals surface area contributed by atoms with Gasteiger partial charge in [-0.3, -0.25) is 9.59 Å². The van der Waals surface area contributed by atoms with Crippen molar-refractivity contribution in [2.45, 2.75) is 20.4 Å². The number of carbonyl (C=O) groups is 1. The number of methoxy groups -OCH3 is 1. The maximum absolute atomic E-state index is 13.6. The summed E-state index contributed by atoms with van der Waals surface area (Å²) in [7, 11) is 1.57. The Balaban J connectivity index is 1.84. The number of aromatic amines is 1. The predicted octanol–water partition coefficient (Wildman–Crippen LogP) is 5.00. The number of fused-ring (bicyclic) bond motifs is 1. The van der Waals surface area contributed by atoms with Gasteiger partial charge in [0, 0.05) is 16.6 Å². The van der Waals surface area contributed by atoms with E-state index in [1.165, 1.54) is 0 Å². The van der Waals surface area contributed by atoms with E-state index in [-0.39, 0.29) is 18.0 Å². The highest BCUT2D eigenvalue weighted by molar-refractivity contribution is 6.07. The minimum Gasteiger partial charge on any atom is -0.495 e. The zero-order valence-electron chi connectivity index (χ0n) is 17.8. The monoisotopic (exact) mass is 412 g/mol. The minimum atomic E-state index is -0.214. The molecule has 5 heteroatoms. The third-order valence-corrected chi connectivity index (χ3v) is 5.40. The molecule has 0 bridgehead atoms. The van der Waals surface area contributed by atoms with Gasteiger partial charge in [0.05, 0.1) is 19.3 Å². The topological polar surface area (TPSA) is 62.4 Å². The highest BCUT2D eigenvalue weighted by atomic mass is 16.5. The van der Waals surface area contributed by atoms with Gasteiger partial charge in [-0.15, -0.1) is 0 Å². The number of anilines is 1. The van der Waals surface area contributed by atoms with Crippen molar-refractivity contribution in [2.75, 3.05) is 12.0 Å². The highest BCUT2D eigenvalue weighted by Crippen LogP contribution is 2.30. The number of ether oxygens (including phenoxy) is 1. The summed E-state index contributed by atoms with van der Waals surface area (Å²) in [6.45, 7) is 4.03. The summed E-state index contributed by atoms with van der Waals surface area (Å²) in [6, 6.07) is 22.5. The largest absolute Gasteiger partial charge is 0.495 e. The lowest BCUT2D eigenvalue weighted by Gasteiger charge is -2.25. The molecule has 0 aliphatic rings. The SMILES string of the molecule is COc1ccccc1N(Cc1cc2cc(C)ccc2[nH]c1=O)C(=O)c1ccccc1C. The molecule has 0 aliphatic heterocycles. The molecule has 0 saturated carbocycles. The summed E-state index contributed by atoms with van der Waals surface area (Å²) in [4.78, 5) is 31.0. The first kappa shape index (κ1) is 20.4. The van der Waals surface area contributed by atoms with Crippen molar-refractivity contribution in [3.05, 3.63) is 105 Å². The van der Waals surface area contributed by atoms with Gasteiger partial charge in [0.15, 0.2) is 0 Å². The molecule has 3 aromatic carbocycles. The van der Waals surface area contributed by atoms with Crippen LogP contribution >= 0.6 is 0 Å². The summed E-state index contributed by atoms with van der Waals surface area (Å²) in [5.41, 5.74) is 4.23. The molecule has 0 saturated heterocycles. The molecule has 1 aromatic heterocycles. The van der Waals surface area contributed by atoms with E-state index in [0.717, 1.165) is 22.0 Å². The zero-order valence-corrected chi connectivity index (χ0v) is 17.8. The molecule has 1 amide bonds. The number of H-pyrrole nitrogens is 1. The van der Waals surface area contributed by atoms with Crippen LogP contribution in [-0.4, -0.2) is 18.0 Å². The number of nitrogens with one attached hydrogen (secondary N) is 1. The van der Waals surface area contributed by atoms with Gasteiger partial charge < -0.3 is 14.6 Å². The van der Waals surface area contributed by atoms with Crippen LogP contribution in [0, 0.1) is 13.8 Å². The molecule has 0 radical (unpaired) electrons. The highest BCUT2D eigenvalue weighted by Gasteiger charge is 2.23. The van der Waals surface area contributed by atoms with E-state index >= 15 is 0 Å². The second-order valence-corrected chi connectivity index (χ2v) is 7.59. The number of hydrogen-bond acceptors (Lipinski definition) is 3. The molecule has 1 N–H and O–H groups in total. The van der Waals surface area contributed by atoms with E-state index in [0.29, 0.717) is 22.6 Å².